The molecule has 0 heterocycles. The SMILES string of the molecule is O=C(O)c1ccc(O)cc1.O=C(OCOC(=O)c1ccc(O)cc1)c1ccc(O)cc1.O=S(=O)(O)O.OCO. The molecule has 0 radical (unpaired) electrons. The molecule has 0 aliphatic heterocycles. The second kappa shape index (κ2) is 17.7. The van der Waals surface area contributed by atoms with Crippen LogP contribution in [0.15, 0.2) is 72.8 Å². The van der Waals surface area contributed by atoms with E-state index in [0.29, 0.717) is 0 Å². The maximum atomic E-state index is 11.6. The largest absolute Gasteiger partial charge is 0.508 e. The van der Waals surface area contributed by atoms with Crippen molar-refractivity contribution >= 4 is 28.3 Å². The van der Waals surface area contributed by atoms with Crippen LogP contribution in [0.4, 0.5) is 0 Å². The standard InChI is InChI=1S/C15H12O6.C7H6O3.CH4O2.H2O4S/c16-12-5-1-10(2-6-12)14(18)20-9-21-15(19)11-3-7-13(17)8-4-11;8-6-3-1-5(2-4-6)7(9)10;2-1-3;1-5(2,3)4/h1-8,16-17H,9H2;1-4,8H,(H,9,10);2-3H,1H2;(H2,1,2,3,4). The number of hydrogen-bond acceptors (Lipinski definition) is 12. The molecule has 0 atom stereocenters. The van der Waals surface area contributed by atoms with Gasteiger partial charge in [-0.05, 0) is 72.8 Å². The lowest BCUT2D eigenvalue weighted by atomic mass is 10.2. The lowest BCUT2D eigenvalue weighted by Crippen LogP contribution is -2.13. The summed E-state index contributed by atoms with van der Waals surface area (Å²) < 4.78 is 41.1. The van der Waals surface area contributed by atoms with Crippen molar-refractivity contribution in [3.63, 3.8) is 0 Å². The number of phenols is 3. The molecule has 16 heteroatoms. The Morgan fingerprint density at radius 2 is 0.821 bits per heavy atom. The van der Waals surface area contributed by atoms with Gasteiger partial charge in [0.05, 0.1) is 16.7 Å². The number of carboxylic acids is 1. The summed E-state index contributed by atoms with van der Waals surface area (Å²) in [6, 6.07) is 16.3. The number of aliphatic hydroxyl groups is 2. The number of ether oxygens (including phenoxy) is 2. The van der Waals surface area contributed by atoms with Gasteiger partial charge in [-0.15, -0.1) is 0 Å². The zero-order valence-corrected chi connectivity index (χ0v) is 20.5. The fourth-order valence-electron chi connectivity index (χ4n) is 2.10. The predicted octanol–water partition coefficient (Wildman–Crippen LogP) is 1.44. The van der Waals surface area contributed by atoms with E-state index >= 15 is 0 Å². The molecule has 0 aliphatic rings. The van der Waals surface area contributed by atoms with Crippen molar-refractivity contribution in [1.29, 1.82) is 0 Å². The molecule has 8 N–H and O–H groups in total. The second-order valence-electron chi connectivity index (χ2n) is 6.52. The van der Waals surface area contributed by atoms with Crippen LogP contribution in [0, 0.1) is 0 Å². The molecule has 15 nitrogen and oxygen atoms in total. The Morgan fingerprint density at radius 3 is 1.05 bits per heavy atom. The van der Waals surface area contributed by atoms with Crippen LogP contribution < -0.4 is 0 Å². The molecule has 39 heavy (non-hydrogen) atoms. The molecule has 0 fully saturated rings. The normalized spacial score (nSPS) is 9.64. The highest BCUT2D eigenvalue weighted by molar-refractivity contribution is 7.79. The molecule has 0 unspecified atom stereocenters. The Morgan fingerprint density at radius 1 is 0.590 bits per heavy atom. The van der Waals surface area contributed by atoms with Gasteiger partial charge in [-0.3, -0.25) is 9.11 Å². The lowest BCUT2D eigenvalue weighted by molar-refractivity contribution is -0.0167. The quantitative estimate of drug-likeness (QED) is 0.122. The Hall–Kier alpha value is -4.74. The zero-order chi connectivity index (χ0) is 30.0. The van der Waals surface area contributed by atoms with Crippen molar-refractivity contribution in [1.82, 2.24) is 0 Å². The van der Waals surface area contributed by atoms with Gasteiger partial charge >= 0.3 is 28.3 Å². The number of aliphatic hydroxyl groups excluding tert-OH is 1. The number of hydrogen-bond donors (Lipinski definition) is 8. The highest BCUT2D eigenvalue weighted by Gasteiger charge is 2.10. The molecular weight excluding hydrogens is 548 g/mol. The number of aromatic hydroxyl groups is 3. The molecule has 3 rings (SSSR count). The van der Waals surface area contributed by atoms with Crippen LogP contribution in [0.25, 0.3) is 0 Å². The van der Waals surface area contributed by atoms with Gasteiger partial charge in [0.1, 0.15) is 24.0 Å². The smallest absolute Gasteiger partial charge is 0.394 e. The number of carboxylic acid groups (broad SMARTS) is 1. The molecular formula is C23H24O15S. The first-order chi connectivity index (χ1) is 18.2. The van der Waals surface area contributed by atoms with E-state index in [2.05, 4.69) is 0 Å². The van der Waals surface area contributed by atoms with Crippen molar-refractivity contribution in [3.8, 4) is 17.2 Å². The number of carbonyl (C=O) groups excluding carboxylic acids is 2. The summed E-state index contributed by atoms with van der Waals surface area (Å²) in [5.74, 6) is -2.19. The van der Waals surface area contributed by atoms with E-state index in [-0.39, 0.29) is 33.9 Å². The predicted molar refractivity (Wildman–Crippen MR) is 130 cm³/mol. The van der Waals surface area contributed by atoms with Crippen molar-refractivity contribution in [2.45, 2.75) is 0 Å². The molecule has 0 saturated carbocycles. The number of aromatic carboxylic acids is 1. The molecule has 0 aromatic heterocycles. The number of esters is 2. The van der Waals surface area contributed by atoms with E-state index in [1.807, 2.05) is 0 Å². The Bertz CT molecular complexity index is 1210. The van der Waals surface area contributed by atoms with Crippen LogP contribution in [0.3, 0.4) is 0 Å². The van der Waals surface area contributed by atoms with E-state index in [1.54, 1.807) is 0 Å². The van der Waals surface area contributed by atoms with Crippen LogP contribution in [0.2, 0.25) is 0 Å². The maximum Gasteiger partial charge on any atom is 0.394 e. The van der Waals surface area contributed by atoms with Crippen molar-refractivity contribution in [3.05, 3.63) is 89.5 Å². The Kier molecular flexibility index (Phi) is 15.5. The topological polar surface area (TPSA) is 266 Å². The van der Waals surface area contributed by atoms with E-state index < -0.39 is 41.9 Å². The number of carbonyl (C=O) groups is 3. The fourth-order valence-corrected chi connectivity index (χ4v) is 2.10. The molecule has 0 spiro atoms. The minimum Gasteiger partial charge on any atom is -0.508 e. The van der Waals surface area contributed by atoms with Crippen molar-refractivity contribution < 1.29 is 72.0 Å². The highest BCUT2D eigenvalue weighted by Crippen LogP contribution is 2.12. The van der Waals surface area contributed by atoms with Gasteiger partial charge in [-0.2, -0.15) is 8.42 Å². The number of phenolic OH excluding ortho intramolecular Hbond substituents is 3. The van der Waals surface area contributed by atoms with Crippen LogP contribution in [0.5, 0.6) is 17.2 Å². The minimum absolute atomic E-state index is 0.0327. The zero-order valence-electron chi connectivity index (χ0n) is 19.7. The van der Waals surface area contributed by atoms with Crippen molar-refractivity contribution in [2.24, 2.45) is 0 Å². The molecule has 3 aromatic rings. The summed E-state index contributed by atoms with van der Waals surface area (Å²) in [7, 11) is -4.67. The summed E-state index contributed by atoms with van der Waals surface area (Å²) in [4.78, 5) is 33.4. The molecule has 0 bridgehead atoms. The van der Waals surface area contributed by atoms with Crippen molar-refractivity contribution in [2.75, 3.05) is 13.6 Å². The van der Waals surface area contributed by atoms with Crippen LogP contribution >= 0.6 is 0 Å². The third kappa shape index (κ3) is 17.4. The fraction of sp³-hybridized carbons (Fsp3) is 0.0870. The summed E-state index contributed by atoms with van der Waals surface area (Å²) in [5, 5.41) is 49.6. The van der Waals surface area contributed by atoms with E-state index in [0.717, 1.165) is 0 Å². The Balaban J connectivity index is 0.000000661. The van der Waals surface area contributed by atoms with E-state index in [9.17, 15) is 14.4 Å². The first kappa shape index (κ1) is 34.3. The molecule has 0 aliphatic carbocycles. The van der Waals surface area contributed by atoms with Gasteiger partial charge in [0.15, 0.2) is 0 Å². The minimum atomic E-state index is -4.67. The van der Waals surface area contributed by atoms with Gasteiger partial charge in [0, 0.05) is 0 Å². The first-order valence-electron chi connectivity index (χ1n) is 10.0. The molecule has 3 aromatic carbocycles. The summed E-state index contributed by atoms with van der Waals surface area (Å²) in [5.41, 5.74) is 0.639. The van der Waals surface area contributed by atoms with Crippen LogP contribution in [-0.2, 0) is 19.9 Å². The van der Waals surface area contributed by atoms with Gasteiger partial charge < -0.3 is 40.1 Å². The lowest BCUT2D eigenvalue weighted by Gasteiger charge is -2.06. The van der Waals surface area contributed by atoms with E-state index in [4.69, 9.17) is 57.6 Å². The summed E-state index contributed by atoms with van der Waals surface area (Å²) >= 11 is 0. The third-order valence-electron chi connectivity index (χ3n) is 3.70. The summed E-state index contributed by atoms with van der Waals surface area (Å²) in [6.45, 7) is -1.28. The van der Waals surface area contributed by atoms with Gasteiger partial charge in [-0.1, -0.05) is 0 Å². The molecule has 0 amide bonds. The average Bonchev–Trinajstić information content (AvgIpc) is 2.85. The first-order valence-corrected chi connectivity index (χ1v) is 11.4. The van der Waals surface area contributed by atoms with Crippen LogP contribution in [0.1, 0.15) is 31.1 Å². The highest BCUT2D eigenvalue weighted by atomic mass is 32.3. The Labute approximate surface area is 220 Å². The van der Waals surface area contributed by atoms with Gasteiger partial charge in [-0.25, -0.2) is 14.4 Å². The number of rotatable bonds is 5. The van der Waals surface area contributed by atoms with E-state index in [1.165, 1.54) is 72.8 Å². The number of benzene rings is 3. The maximum absolute atomic E-state index is 11.6. The summed E-state index contributed by atoms with van der Waals surface area (Å²) in [6.07, 6.45) is 0. The van der Waals surface area contributed by atoms with Crippen LogP contribution in [-0.4, -0.2) is 79.7 Å². The average molecular weight is 572 g/mol. The van der Waals surface area contributed by atoms with Gasteiger partial charge in [0.2, 0.25) is 6.79 Å². The molecule has 0 saturated heterocycles. The second-order valence-corrected chi connectivity index (χ2v) is 7.41. The van der Waals surface area contributed by atoms with Gasteiger partial charge in [0.25, 0.3) is 0 Å². The monoisotopic (exact) mass is 572 g/mol. The molecule has 212 valence electrons. The third-order valence-corrected chi connectivity index (χ3v) is 3.70.